The molecule has 2 N–H and O–H groups in total. The molecule has 41 heavy (non-hydrogen) atoms. The van der Waals surface area contributed by atoms with Gasteiger partial charge in [-0.25, -0.2) is 13.5 Å². The molecule has 1 aliphatic heterocycles. The van der Waals surface area contributed by atoms with Crippen LogP contribution in [0, 0.1) is 0 Å². The molecule has 11 heteroatoms. The SMILES string of the molecule is CC(C)(C)S(=O)N1Cc2cc(C(=O)NCC(F)(F)F)nc(-c3cccc(-c4cc5ccccc5o4)c3)c2[C@H]1CCO. The fourth-order valence-electron chi connectivity index (χ4n) is 5.02. The summed E-state index contributed by atoms with van der Waals surface area (Å²) in [5.41, 5.74) is 3.58. The van der Waals surface area contributed by atoms with E-state index in [1.54, 1.807) is 10.4 Å². The van der Waals surface area contributed by atoms with Gasteiger partial charge in [0.1, 0.15) is 34.6 Å². The summed E-state index contributed by atoms with van der Waals surface area (Å²) < 4.78 is 59.3. The number of furan rings is 1. The molecule has 3 heterocycles. The van der Waals surface area contributed by atoms with Gasteiger partial charge in [0.05, 0.1) is 16.5 Å². The first kappa shape index (κ1) is 29.0. The van der Waals surface area contributed by atoms with Crippen LogP contribution in [0.2, 0.25) is 0 Å². The number of hydrogen-bond donors (Lipinski definition) is 2. The number of carbonyl (C=O) groups is 1. The number of hydrogen-bond acceptors (Lipinski definition) is 5. The number of halogens is 3. The third-order valence-electron chi connectivity index (χ3n) is 6.82. The lowest BCUT2D eigenvalue weighted by molar-refractivity contribution is -0.123. The van der Waals surface area contributed by atoms with E-state index < -0.39 is 40.4 Å². The number of fused-ring (bicyclic) bond motifs is 2. The highest BCUT2D eigenvalue weighted by atomic mass is 32.2. The number of aliphatic hydroxyl groups is 1. The molecule has 216 valence electrons. The first-order valence-electron chi connectivity index (χ1n) is 13.1. The lowest BCUT2D eigenvalue weighted by atomic mass is 9.95. The van der Waals surface area contributed by atoms with Crippen LogP contribution < -0.4 is 5.32 Å². The minimum absolute atomic E-state index is 0.178. The lowest BCUT2D eigenvalue weighted by Gasteiger charge is -2.30. The summed E-state index contributed by atoms with van der Waals surface area (Å²) in [7, 11) is -1.48. The van der Waals surface area contributed by atoms with Gasteiger partial charge in [-0.05, 0) is 57.0 Å². The summed E-state index contributed by atoms with van der Waals surface area (Å²) in [5.74, 6) is -0.347. The van der Waals surface area contributed by atoms with Crippen molar-refractivity contribution in [1.29, 1.82) is 0 Å². The van der Waals surface area contributed by atoms with Gasteiger partial charge in [-0.1, -0.05) is 36.4 Å². The van der Waals surface area contributed by atoms with E-state index in [0.29, 0.717) is 28.1 Å². The van der Waals surface area contributed by atoms with Crippen molar-refractivity contribution >= 4 is 27.9 Å². The number of para-hydroxylation sites is 1. The Hall–Kier alpha value is -3.54. The molecule has 1 amide bonds. The third-order valence-corrected chi connectivity index (χ3v) is 8.68. The standard InChI is InChI=1S/C30H30F3N3O4S/c1-29(2,3)41(39)36-16-21-14-22(28(38)34-17-30(31,32)33)35-27(26(21)23(36)11-12-37)20-9-6-8-18(13-20)25-15-19-7-4-5-10-24(19)40-25/h4-10,13-15,23,37H,11-12,16-17H2,1-3H3,(H,34,38)/t23-,41?/m1/s1. The monoisotopic (exact) mass is 585 g/mol. The Kier molecular flexibility index (Phi) is 7.80. The molecule has 5 rings (SSSR count). The van der Waals surface area contributed by atoms with Crippen molar-refractivity contribution in [3.8, 4) is 22.6 Å². The maximum Gasteiger partial charge on any atom is 0.405 e. The van der Waals surface area contributed by atoms with E-state index in [-0.39, 0.29) is 25.3 Å². The Balaban J connectivity index is 1.64. The number of aromatic nitrogens is 1. The number of amides is 1. The smallest absolute Gasteiger partial charge is 0.405 e. The second-order valence-corrected chi connectivity index (χ2v) is 13.1. The molecule has 0 saturated heterocycles. The zero-order valence-electron chi connectivity index (χ0n) is 22.8. The van der Waals surface area contributed by atoms with Gasteiger partial charge in [0, 0.05) is 35.2 Å². The van der Waals surface area contributed by atoms with Crippen LogP contribution in [0.3, 0.4) is 0 Å². The highest BCUT2D eigenvalue weighted by molar-refractivity contribution is 7.84. The zero-order valence-corrected chi connectivity index (χ0v) is 23.6. The molecule has 0 bridgehead atoms. The fraction of sp³-hybridized carbons (Fsp3) is 0.333. The molecule has 4 aromatic rings. The third kappa shape index (κ3) is 6.07. The van der Waals surface area contributed by atoms with Gasteiger partial charge in [0.2, 0.25) is 0 Å². The molecule has 0 aliphatic carbocycles. The van der Waals surface area contributed by atoms with E-state index in [4.69, 9.17) is 4.42 Å². The lowest BCUT2D eigenvalue weighted by Crippen LogP contribution is -2.36. The number of benzene rings is 2. The van der Waals surface area contributed by atoms with Crippen LogP contribution >= 0.6 is 0 Å². The summed E-state index contributed by atoms with van der Waals surface area (Å²) in [6.45, 7) is 4.03. The molecule has 2 aromatic heterocycles. The maximum absolute atomic E-state index is 13.5. The van der Waals surface area contributed by atoms with Crippen LogP contribution in [0.4, 0.5) is 13.2 Å². The molecule has 2 aromatic carbocycles. The van der Waals surface area contributed by atoms with Crippen molar-refractivity contribution in [2.75, 3.05) is 13.2 Å². The molecular formula is C30H30F3N3O4S. The van der Waals surface area contributed by atoms with Crippen LogP contribution in [0.25, 0.3) is 33.6 Å². The Bertz CT molecular complexity index is 1590. The maximum atomic E-state index is 13.5. The van der Waals surface area contributed by atoms with Crippen molar-refractivity contribution < 1.29 is 31.7 Å². The van der Waals surface area contributed by atoms with Crippen molar-refractivity contribution in [2.45, 2.75) is 50.7 Å². The number of nitrogens with zero attached hydrogens (tertiary/aromatic N) is 2. The van der Waals surface area contributed by atoms with Gasteiger partial charge in [-0.2, -0.15) is 13.2 Å². The van der Waals surface area contributed by atoms with Gasteiger partial charge in [-0.15, -0.1) is 0 Å². The van der Waals surface area contributed by atoms with E-state index in [1.807, 2.05) is 74.6 Å². The predicted molar refractivity (Wildman–Crippen MR) is 151 cm³/mol. The highest BCUT2D eigenvalue weighted by Gasteiger charge is 2.40. The number of pyridine rings is 1. The first-order chi connectivity index (χ1) is 19.4. The summed E-state index contributed by atoms with van der Waals surface area (Å²) in [5, 5.41) is 12.8. The molecule has 2 atom stereocenters. The number of aliphatic hydroxyl groups excluding tert-OH is 1. The van der Waals surface area contributed by atoms with Crippen LogP contribution in [0.1, 0.15) is 54.8 Å². The number of alkyl halides is 3. The number of nitrogens with one attached hydrogen (secondary N) is 1. The Morgan fingerprint density at radius 2 is 1.83 bits per heavy atom. The topological polar surface area (TPSA) is 95.7 Å². The molecule has 0 radical (unpaired) electrons. The van der Waals surface area contributed by atoms with Gasteiger partial charge < -0.3 is 14.8 Å². The Labute approximate surface area is 238 Å². The normalized spacial score (nSPS) is 16.6. The molecule has 1 aliphatic rings. The van der Waals surface area contributed by atoms with Crippen molar-refractivity contribution in [3.63, 3.8) is 0 Å². The van der Waals surface area contributed by atoms with Gasteiger partial charge in [0.15, 0.2) is 0 Å². The van der Waals surface area contributed by atoms with Crippen LogP contribution in [-0.4, -0.2) is 48.6 Å². The largest absolute Gasteiger partial charge is 0.456 e. The average molecular weight is 586 g/mol. The summed E-state index contributed by atoms with van der Waals surface area (Å²) >= 11 is 0. The van der Waals surface area contributed by atoms with Gasteiger partial charge in [-0.3, -0.25) is 4.79 Å². The number of carbonyl (C=O) groups excluding carboxylic acids is 1. The van der Waals surface area contributed by atoms with Crippen LogP contribution in [0.15, 0.2) is 65.1 Å². The van der Waals surface area contributed by atoms with E-state index in [2.05, 4.69) is 4.98 Å². The Morgan fingerprint density at radius 3 is 2.51 bits per heavy atom. The van der Waals surface area contributed by atoms with Gasteiger partial charge in [0.25, 0.3) is 5.91 Å². The quantitative estimate of drug-likeness (QED) is 0.271. The molecule has 7 nitrogen and oxygen atoms in total. The molecule has 0 fully saturated rings. The predicted octanol–water partition coefficient (Wildman–Crippen LogP) is 6.16. The summed E-state index contributed by atoms with van der Waals surface area (Å²) in [6.07, 6.45) is -4.32. The van der Waals surface area contributed by atoms with Crippen molar-refractivity contribution in [3.05, 3.63) is 77.5 Å². The molecule has 0 saturated carbocycles. The van der Waals surface area contributed by atoms with E-state index in [9.17, 15) is 27.3 Å². The minimum Gasteiger partial charge on any atom is -0.456 e. The van der Waals surface area contributed by atoms with E-state index >= 15 is 0 Å². The van der Waals surface area contributed by atoms with Crippen molar-refractivity contribution in [2.24, 2.45) is 0 Å². The number of rotatable bonds is 7. The summed E-state index contributed by atoms with van der Waals surface area (Å²) in [4.78, 5) is 17.4. The minimum atomic E-state index is -4.58. The van der Waals surface area contributed by atoms with Crippen LogP contribution in [0.5, 0.6) is 0 Å². The fourth-order valence-corrected chi connectivity index (χ4v) is 6.42. The van der Waals surface area contributed by atoms with E-state index in [0.717, 1.165) is 16.5 Å². The average Bonchev–Trinajstić information content (AvgIpc) is 3.52. The zero-order chi connectivity index (χ0) is 29.5. The Morgan fingerprint density at radius 1 is 1.10 bits per heavy atom. The molecule has 0 spiro atoms. The van der Waals surface area contributed by atoms with E-state index in [1.165, 1.54) is 6.07 Å². The summed E-state index contributed by atoms with van der Waals surface area (Å²) in [6, 6.07) is 17.8. The first-order valence-corrected chi connectivity index (χ1v) is 14.2. The van der Waals surface area contributed by atoms with Gasteiger partial charge >= 0.3 is 6.18 Å². The highest BCUT2D eigenvalue weighted by Crippen LogP contribution is 2.44. The second kappa shape index (κ2) is 11.0. The van der Waals surface area contributed by atoms with Crippen LogP contribution in [-0.2, 0) is 17.5 Å². The second-order valence-electron chi connectivity index (χ2n) is 10.9. The molecular weight excluding hydrogens is 555 g/mol. The molecule has 1 unspecified atom stereocenters. The van der Waals surface area contributed by atoms with Crippen molar-refractivity contribution in [1.82, 2.24) is 14.6 Å².